The van der Waals surface area contributed by atoms with E-state index in [0.29, 0.717) is 5.75 Å². The van der Waals surface area contributed by atoms with Crippen LogP contribution >= 0.6 is 10.8 Å². The Morgan fingerprint density at radius 3 is 2.27 bits per heavy atom. The molecule has 0 bridgehead atoms. The normalized spacial score (nSPS) is 14.5. The highest BCUT2D eigenvalue weighted by atomic mass is 33.1. The molecule has 0 aromatic rings. The van der Waals surface area contributed by atoms with Crippen molar-refractivity contribution in [3.05, 3.63) is 0 Å². The molecule has 0 saturated carbocycles. The van der Waals surface area contributed by atoms with Crippen molar-refractivity contribution in [2.45, 2.75) is 13.8 Å². The molecule has 0 aliphatic heterocycles. The van der Waals surface area contributed by atoms with Crippen molar-refractivity contribution >= 4 is 25.4 Å². The first-order valence-electron chi connectivity index (χ1n) is 3.18. The van der Waals surface area contributed by atoms with Gasteiger partial charge in [-0.25, -0.2) is 8.42 Å². The zero-order valence-corrected chi connectivity index (χ0v) is 8.46. The average molecular weight is 196 g/mol. The second kappa shape index (κ2) is 4.11. The number of carbonyl (C=O) groups excluding carboxylic acids is 1. The van der Waals surface area contributed by atoms with Gasteiger partial charge < -0.3 is 0 Å². The summed E-state index contributed by atoms with van der Waals surface area (Å²) in [5.74, 6) is 0.213. The topological polar surface area (TPSA) is 51.2 Å². The van der Waals surface area contributed by atoms with Crippen LogP contribution in [-0.4, -0.2) is 26.2 Å². The van der Waals surface area contributed by atoms with Gasteiger partial charge in [-0.1, -0.05) is 6.92 Å². The summed E-state index contributed by atoms with van der Waals surface area (Å²) in [5.41, 5.74) is 0. The van der Waals surface area contributed by atoms with E-state index in [4.69, 9.17) is 0 Å². The molecular weight excluding hydrogens is 184 g/mol. The highest BCUT2D eigenvalue weighted by Crippen LogP contribution is 2.14. The van der Waals surface area contributed by atoms with E-state index in [9.17, 15) is 13.2 Å². The van der Waals surface area contributed by atoms with Gasteiger partial charge in [-0.3, -0.25) is 4.79 Å². The number of Topliss-reactive ketones (excluding diaryl/α,β-unsaturated/α-hetero) is 1. The average Bonchev–Trinajstić information content (AvgIpc) is 1.80. The molecule has 0 heterocycles. The number of ketones is 1. The number of hydrogen-bond donors (Lipinski definition) is 0. The Labute approximate surface area is 70.9 Å². The fraction of sp³-hybridized carbons (Fsp3) is 0.833. The van der Waals surface area contributed by atoms with Gasteiger partial charge in [0.1, 0.15) is 5.78 Å². The first-order valence-corrected chi connectivity index (χ1v) is 6.57. The SMILES string of the molecule is CC(=O)[C@@H](C)CSS(C)(=O)=O. The molecule has 3 nitrogen and oxygen atoms in total. The lowest BCUT2D eigenvalue weighted by molar-refractivity contribution is -0.119. The van der Waals surface area contributed by atoms with E-state index in [1.807, 2.05) is 0 Å². The minimum absolute atomic E-state index is 0.0288. The van der Waals surface area contributed by atoms with Gasteiger partial charge in [-0.05, 0) is 17.7 Å². The van der Waals surface area contributed by atoms with Gasteiger partial charge in [0.15, 0.2) is 8.87 Å². The van der Waals surface area contributed by atoms with Crippen LogP contribution in [0.3, 0.4) is 0 Å². The molecule has 0 spiro atoms. The summed E-state index contributed by atoms with van der Waals surface area (Å²) >= 11 is 0. The van der Waals surface area contributed by atoms with Crippen LogP contribution in [0, 0.1) is 5.92 Å². The van der Waals surface area contributed by atoms with Gasteiger partial charge in [-0.2, -0.15) is 0 Å². The molecule has 0 amide bonds. The van der Waals surface area contributed by atoms with Crippen molar-refractivity contribution in [2.75, 3.05) is 12.0 Å². The summed E-state index contributed by atoms with van der Waals surface area (Å²) in [6.07, 6.45) is 1.14. The smallest absolute Gasteiger partial charge is 0.198 e. The Morgan fingerprint density at radius 2 is 2.00 bits per heavy atom. The van der Waals surface area contributed by atoms with Gasteiger partial charge in [0, 0.05) is 17.9 Å². The molecule has 1 atom stereocenters. The predicted octanol–water partition coefficient (Wildman–Crippen LogP) is 0.904. The number of hydrogen-bond acceptors (Lipinski definition) is 4. The van der Waals surface area contributed by atoms with Gasteiger partial charge in [0.05, 0.1) is 0 Å². The van der Waals surface area contributed by atoms with E-state index in [-0.39, 0.29) is 11.7 Å². The molecule has 11 heavy (non-hydrogen) atoms. The quantitative estimate of drug-likeness (QED) is 0.627. The van der Waals surface area contributed by atoms with Crippen LogP contribution in [0.25, 0.3) is 0 Å². The van der Waals surface area contributed by atoms with Crippen LogP contribution in [-0.2, 0) is 13.7 Å². The van der Waals surface area contributed by atoms with E-state index in [0.717, 1.165) is 17.0 Å². The van der Waals surface area contributed by atoms with Gasteiger partial charge in [0.2, 0.25) is 0 Å². The maximum Gasteiger partial charge on any atom is 0.198 e. The monoisotopic (exact) mass is 196 g/mol. The van der Waals surface area contributed by atoms with Gasteiger partial charge in [0.25, 0.3) is 0 Å². The highest BCUT2D eigenvalue weighted by molar-refractivity contribution is 8.71. The van der Waals surface area contributed by atoms with Gasteiger partial charge >= 0.3 is 0 Å². The molecule has 0 fully saturated rings. The number of carbonyl (C=O) groups is 1. The fourth-order valence-electron chi connectivity index (χ4n) is 0.343. The maximum absolute atomic E-state index is 10.7. The Kier molecular flexibility index (Phi) is 4.10. The Balaban J connectivity index is 3.82. The van der Waals surface area contributed by atoms with Crippen molar-refractivity contribution in [1.29, 1.82) is 0 Å². The van der Waals surface area contributed by atoms with Crippen LogP contribution in [0.15, 0.2) is 0 Å². The van der Waals surface area contributed by atoms with E-state index in [1.54, 1.807) is 6.92 Å². The van der Waals surface area contributed by atoms with Crippen molar-refractivity contribution in [2.24, 2.45) is 5.92 Å². The first kappa shape index (κ1) is 11.0. The molecule has 66 valence electrons. The van der Waals surface area contributed by atoms with Crippen LogP contribution < -0.4 is 0 Å². The summed E-state index contributed by atoms with van der Waals surface area (Å²) in [6.45, 7) is 3.19. The molecular formula is C6H12O3S2. The Morgan fingerprint density at radius 1 is 1.55 bits per heavy atom. The maximum atomic E-state index is 10.7. The molecule has 0 aliphatic carbocycles. The minimum atomic E-state index is -2.99. The lowest BCUT2D eigenvalue weighted by atomic mass is 10.1. The lowest BCUT2D eigenvalue weighted by Gasteiger charge is -2.03. The van der Waals surface area contributed by atoms with E-state index in [1.165, 1.54) is 6.92 Å². The largest absolute Gasteiger partial charge is 0.300 e. The van der Waals surface area contributed by atoms with Crippen LogP contribution in [0.5, 0.6) is 0 Å². The molecule has 0 unspecified atom stereocenters. The van der Waals surface area contributed by atoms with E-state index >= 15 is 0 Å². The van der Waals surface area contributed by atoms with Crippen molar-refractivity contribution in [3.63, 3.8) is 0 Å². The molecule has 0 aromatic heterocycles. The highest BCUT2D eigenvalue weighted by Gasteiger charge is 2.11. The Hall–Kier alpha value is -0.0300. The molecule has 0 saturated heterocycles. The first-order chi connectivity index (χ1) is 4.83. The van der Waals surface area contributed by atoms with E-state index in [2.05, 4.69) is 0 Å². The van der Waals surface area contributed by atoms with Crippen LogP contribution in [0.4, 0.5) is 0 Å². The molecule has 0 aliphatic rings. The zero-order valence-electron chi connectivity index (χ0n) is 6.83. The molecule has 0 N–H and O–H groups in total. The van der Waals surface area contributed by atoms with E-state index < -0.39 is 8.87 Å². The van der Waals surface area contributed by atoms with Crippen molar-refractivity contribution in [1.82, 2.24) is 0 Å². The third kappa shape index (κ3) is 6.37. The molecule has 0 aromatic carbocycles. The molecule has 0 rings (SSSR count). The second-order valence-corrected chi connectivity index (χ2v) is 7.00. The fourth-order valence-corrected chi connectivity index (χ4v) is 2.38. The summed E-state index contributed by atoms with van der Waals surface area (Å²) in [5, 5.41) is 0. The summed E-state index contributed by atoms with van der Waals surface area (Å²) < 4.78 is 21.2. The lowest BCUT2D eigenvalue weighted by Crippen LogP contribution is -2.10. The third-order valence-corrected chi connectivity index (χ3v) is 3.98. The standard InChI is InChI=1S/C6H12O3S2/c1-5(6(2)7)4-10-11(3,8)9/h5H,4H2,1-3H3/t5-/m0/s1. The number of rotatable bonds is 4. The van der Waals surface area contributed by atoms with Gasteiger partial charge in [-0.15, -0.1) is 0 Å². The molecule has 5 heteroatoms. The minimum Gasteiger partial charge on any atom is -0.300 e. The van der Waals surface area contributed by atoms with Crippen LogP contribution in [0.1, 0.15) is 13.8 Å². The second-order valence-electron chi connectivity index (χ2n) is 2.50. The predicted molar refractivity (Wildman–Crippen MR) is 47.1 cm³/mol. The van der Waals surface area contributed by atoms with Crippen LogP contribution in [0.2, 0.25) is 0 Å². The summed E-state index contributed by atoms with van der Waals surface area (Å²) in [4.78, 5) is 10.7. The summed E-state index contributed by atoms with van der Waals surface area (Å²) in [6, 6.07) is 0. The Bertz CT molecular complexity index is 230. The third-order valence-electron chi connectivity index (χ3n) is 1.23. The van der Waals surface area contributed by atoms with Crippen molar-refractivity contribution < 1.29 is 13.2 Å². The molecule has 0 radical (unpaired) electrons. The zero-order chi connectivity index (χ0) is 9.07. The van der Waals surface area contributed by atoms with Crippen molar-refractivity contribution in [3.8, 4) is 0 Å². The summed E-state index contributed by atoms with van der Waals surface area (Å²) in [7, 11) is -2.17.